The van der Waals surface area contributed by atoms with E-state index in [1.165, 1.54) is 51.6 Å². The lowest BCUT2D eigenvalue weighted by molar-refractivity contribution is 0.0444. The Morgan fingerprint density at radius 1 is 1.29 bits per heavy atom. The highest BCUT2D eigenvalue weighted by Gasteiger charge is 2.35. The van der Waals surface area contributed by atoms with Crippen LogP contribution in [0.5, 0.6) is 0 Å². The van der Waals surface area contributed by atoms with Gasteiger partial charge in [-0.05, 0) is 64.7 Å². The van der Waals surface area contributed by atoms with Crippen LogP contribution in [0.4, 0.5) is 0 Å². The molecule has 3 nitrogen and oxygen atoms in total. The molecule has 1 saturated carbocycles. The van der Waals surface area contributed by atoms with Crippen molar-refractivity contribution in [3.05, 3.63) is 0 Å². The second-order valence-corrected chi connectivity index (χ2v) is 6.22. The number of nitrogens with one attached hydrogen (secondary N) is 1. The zero-order valence-corrected chi connectivity index (χ0v) is 11.2. The van der Waals surface area contributed by atoms with E-state index in [2.05, 4.69) is 17.3 Å². The van der Waals surface area contributed by atoms with Crippen molar-refractivity contribution in [3.8, 4) is 0 Å². The molecule has 2 rings (SSSR count). The molecule has 0 aromatic rings. The summed E-state index contributed by atoms with van der Waals surface area (Å²) in [5, 5.41) is 12.9. The topological polar surface area (TPSA) is 35.5 Å². The quantitative estimate of drug-likeness (QED) is 0.690. The van der Waals surface area contributed by atoms with Gasteiger partial charge < -0.3 is 15.3 Å². The maximum atomic E-state index is 9.37. The molecule has 100 valence electrons. The molecule has 0 aromatic carbocycles. The number of aliphatic hydroxyl groups excluding tert-OH is 1. The van der Waals surface area contributed by atoms with Gasteiger partial charge >= 0.3 is 0 Å². The van der Waals surface area contributed by atoms with Crippen LogP contribution in [0, 0.1) is 11.3 Å². The van der Waals surface area contributed by atoms with E-state index in [0.717, 1.165) is 19.0 Å². The van der Waals surface area contributed by atoms with Crippen molar-refractivity contribution in [3.63, 3.8) is 0 Å². The highest BCUT2D eigenvalue weighted by atomic mass is 16.3. The molecule has 2 N–H and O–H groups in total. The Bertz CT molecular complexity index is 215. The molecule has 1 saturated heterocycles. The Labute approximate surface area is 106 Å². The van der Waals surface area contributed by atoms with Crippen LogP contribution in [0.2, 0.25) is 0 Å². The van der Waals surface area contributed by atoms with Crippen molar-refractivity contribution in [2.24, 2.45) is 11.3 Å². The summed E-state index contributed by atoms with van der Waals surface area (Å²) in [5.41, 5.74) is 0.243. The predicted molar refractivity (Wildman–Crippen MR) is 71.1 cm³/mol. The number of hydrogen-bond donors (Lipinski definition) is 2. The van der Waals surface area contributed by atoms with E-state index < -0.39 is 0 Å². The van der Waals surface area contributed by atoms with Gasteiger partial charge in [0.25, 0.3) is 0 Å². The first kappa shape index (κ1) is 13.3. The number of hydrogen-bond acceptors (Lipinski definition) is 3. The Balaban J connectivity index is 1.54. The van der Waals surface area contributed by atoms with E-state index in [1.807, 2.05) is 0 Å². The van der Waals surface area contributed by atoms with Crippen LogP contribution in [-0.4, -0.2) is 49.8 Å². The molecule has 17 heavy (non-hydrogen) atoms. The van der Waals surface area contributed by atoms with Crippen LogP contribution in [0.3, 0.4) is 0 Å². The summed E-state index contributed by atoms with van der Waals surface area (Å²) in [6.45, 7) is 5.07. The third kappa shape index (κ3) is 3.67. The molecule has 0 spiro atoms. The monoisotopic (exact) mass is 240 g/mol. The van der Waals surface area contributed by atoms with Crippen molar-refractivity contribution in [2.75, 3.05) is 39.8 Å². The minimum absolute atomic E-state index is 0.243. The lowest BCUT2D eigenvalue weighted by atomic mass is 9.69. The molecular formula is C14H28N2O. The number of piperidine rings is 1. The van der Waals surface area contributed by atoms with E-state index in [0.29, 0.717) is 6.61 Å². The second-order valence-electron chi connectivity index (χ2n) is 6.22. The van der Waals surface area contributed by atoms with Crippen LogP contribution in [0.25, 0.3) is 0 Å². The fraction of sp³-hybridized carbons (Fsp3) is 1.00. The van der Waals surface area contributed by atoms with Gasteiger partial charge in [0.1, 0.15) is 0 Å². The molecule has 3 heteroatoms. The Morgan fingerprint density at radius 3 is 2.53 bits per heavy atom. The van der Waals surface area contributed by atoms with Crippen molar-refractivity contribution >= 4 is 0 Å². The van der Waals surface area contributed by atoms with E-state index in [-0.39, 0.29) is 5.41 Å². The maximum absolute atomic E-state index is 9.37. The van der Waals surface area contributed by atoms with E-state index in [1.54, 1.807) is 0 Å². The highest BCUT2D eigenvalue weighted by Crippen LogP contribution is 2.39. The Morgan fingerprint density at radius 2 is 2.00 bits per heavy atom. The molecule has 1 heterocycles. The summed E-state index contributed by atoms with van der Waals surface area (Å²) in [5.74, 6) is 0.921. The first-order chi connectivity index (χ1) is 8.24. The smallest absolute Gasteiger partial charge is 0.0499 e. The van der Waals surface area contributed by atoms with Gasteiger partial charge in [-0.3, -0.25) is 0 Å². The summed E-state index contributed by atoms with van der Waals surface area (Å²) >= 11 is 0. The van der Waals surface area contributed by atoms with Crippen molar-refractivity contribution < 1.29 is 5.11 Å². The molecule has 1 aliphatic heterocycles. The van der Waals surface area contributed by atoms with Crippen molar-refractivity contribution in [2.45, 2.75) is 38.5 Å². The van der Waals surface area contributed by atoms with Crippen molar-refractivity contribution in [1.82, 2.24) is 10.2 Å². The Kier molecular flexibility index (Phi) is 4.83. The fourth-order valence-electron chi connectivity index (χ4n) is 3.08. The van der Waals surface area contributed by atoms with E-state index in [4.69, 9.17) is 0 Å². The minimum Gasteiger partial charge on any atom is -0.396 e. The summed E-state index contributed by atoms with van der Waals surface area (Å²) < 4.78 is 0. The SMILES string of the molecule is CN1CCC(CCNCC2(CO)CCC2)CC1. The van der Waals surface area contributed by atoms with Crippen LogP contribution >= 0.6 is 0 Å². The predicted octanol–water partition coefficient (Wildman–Crippen LogP) is 1.47. The van der Waals surface area contributed by atoms with Gasteiger partial charge in [0.2, 0.25) is 0 Å². The largest absolute Gasteiger partial charge is 0.396 e. The maximum Gasteiger partial charge on any atom is 0.0499 e. The molecule has 0 unspecified atom stereocenters. The average Bonchev–Trinajstić information content (AvgIpc) is 2.30. The van der Waals surface area contributed by atoms with Crippen LogP contribution in [-0.2, 0) is 0 Å². The summed E-state index contributed by atoms with van der Waals surface area (Å²) in [7, 11) is 2.22. The zero-order valence-electron chi connectivity index (χ0n) is 11.2. The van der Waals surface area contributed by atoms with Gasteiger partial charge in [-0.25, -0.2) is 0 Å². The molecule has 0 radical (unpaired) electrons. The van der Waals surface area contributed by atoms with Gasteiger partial charge in [-0.2, -0.15) is 0 Å². The average molecular weight is 240 g/mol. The van der Waals surface area contributed by atoms with Crippen LogP contribution < -0.4 is 5.32 Å². The molecular weight excluding hydrogens is 212 g/mol. The number of aliphatic hydroxyl groups is 1. The third-order valence-electron chi connectivity index (χ3n) is 4.82. The molecule has 2 aliphatic rings. The van der Waals surface area contributed by atoms with Crippen LogP contribution in [0.1, 0.15) is 38.5 Å². The minimum atomic E-state index is 0.243. The number of likely N-dealkylation sites (tertiary alicyclic amines) is 1. The normalized spacial score (nSPS) is 25.8. The molecule has 1 aliphatic carbocycles. The summed E-state index contributed by atoms with van der Waals surface area (Å²) in [6.07, 6.45) is 7.77. The number of rotatable bonds is 6. The first-order valence-corrected chi connectivity index (χ1v) is 7.24. The lowest BCUT2D eigenvalue weighted by Gasteiger charge is -2.40. The van der Waals surface area contributed by atoms with Gasteiger partial charge in [0, 0.05) is 18.6 Å². The summed E-state index contributed by atoms with van der Waals surface area (Å²) in [4.78, 5) is 2.43. The molecule has 0 atom stereocenters. The fourth-order valence-corrected chi connectivity index (χ4v) is 3.08. The third-order valence-corrected chi connectivity index (χ3v) is 4.82. The second kappa shape index (κ2) is 6.17. The van der Waals surface area contributed by atoms with Crippen LogP contribution in [0.15, 0.2) is 0 Å². The number of nitrogens with zero attached hydrogens (tertiary/aromatic N) is 1. The first-order valence-electron chi connectivity index (χ1n) is 7.24. The Hall–Kier alpha value is -0.120. The lowest BCUT2D eigenvalue weighted by Crippen LogP contribution is -2.43. The standard InChI is InChI=1S/C14H28N2O/c1-16-9-4-13(5-10-16)3-8-15-11-14(12-17)6-2-7-14/h13,15,17H,2-12H2,1H3. The molecule has 0 aromatic heterocycles. The van der Waals surface area contributed by atoms with Gasteiger partial charge in [0.15, 0.2) is 0 Å². The zero-order chi connectivity index (χ0) is 12.1. The van der Waals surface area contributed by atoms with Gasteiger partial charge in [-0.15, -0.1) is 0 Å². The van der Waals surface area contributed by atoms with Gasteiger partial charge in [-0.1, -0.05) is 6.42 Å². The molecule has 0 bridgehead atoms. The van der Waals surface area contributed by atoms with Crippen molar-refractivity contribution in [1.29, 1.82) is 0 Å². The van der Waals surface area contributed by atoms with E-state index in [9.17, 15) is 5.11 Å². The summed E-state index contributed by atoms with van der Waals surface area (Å²) in [6, 6.07) is 0. The highest BCUT2D eigenvalue weighted by molar-refractivity contribution is 4.89. The van der Waals surface area contributed by atoms with E-state index >= 15 is 0 Å². The molecule has 2 fully saturated rings. The van der Waals surface area contributed by atoms with Gasteiger partial charge in [0.05, 0.1) is 0 Å². The molecule has 0 amide bonds.